The van der Waals surface area contributed by atoms with Crippen molar-refractivity contribution in [1.82, 2.24) is 5.32 Å². The van der Waals surface area contributed by atoms with Gasteiger partial charge in [0.15, 0.2) is 11.5 Å². The molecule has 0 aliphatic heterocycles. The molecule has 4 heteroatoms. The van der Waals surface area contributed by atoms with Crippen molar-refractivity contribution >= 4 is 11.6 Å². The number of rotatable bonds is 7. The van der Waals surface area contributed by atoms with E-state index in [4.69, 9.17) is 21.1 Å². The van der Waals surface area contributed by atoms with E-state index < -0.39 is 0 Å². The maximum atomic E-state index is 6.50. The summed E-state index contributed by atoms with van der Waals surface area (Å²) in [5.41, 5.74) is 2.27. The number of benzene rings is 2. The summed E-state index contributed by atoms with van der Waals surface area (Å²) >= 11 is 6.50. The molecule has 0 amide bonds. The molecule has 1 saturated carbocycles. The average molecular weight is 360 g/mol. The van der Waals surface area contributed by atoms with Crippen LogP contribution < -0.4 is 14.8 Å². The predicted octanol–water partition coefficient (Wildman–Crippen LogP) is 5.52. The Morgan fingerprint density at radius 1 is 1.12 bits per heavy atom. The fourth-order valence-electron chi connectivity index (χ4n) is 3.27. The second-order valence-electron chi connectivity index (χ2n) is 6.63. The Morgan fingerprint density at radius 3 is 2.52 bits per heavy atom. The Hall–Kier alpha value is -1.71. The molecule has 2 aromatic carbocycles. The minimum absolute atomic E-state index is 0.248. The molecule has 1 unspecified atom stereocenters. The van der Waals surface area contributed by atoms with E-state index in [-0.39, 0.29) is 12.1 Å². The van der Waals surface area contributed by atoms with Crippen molar-refractivity contribution in [3.63, 3.8) is 0 Å². The van der Waals surface area contributed by atoms with Crippen molar-refractivity contribution in [1.29, 1.82) is 0 Å². The first-order chi connectivity index (χ1) is 12.2. The zero-order valence-electron chi connectivity index (χ0n) is 14.9. The van der Waals surface area contributed by atoms with Gasteiger partial charge in [-0.15, -0.1) is 0 Å². The van der Waals surface area contributed by atoms with Gasteiger partial charge in [-0.05, 0) is 49.8 Å². The largest absolute Gasteiger partial charge is 0.493 e. The van der Waals surface area contributed by atoms with E-state index in [0.717, 1.165) is 29.9 Å². The Balaban J connectivity index is 1.69. The second-order valence-corrected chi connectivity index (χ2v) is 7.04. The van der Waals surface area contributed by atoms with E-state index in [1.165, 1.54) is 18.4 Å². The molecule has 0 bridgehead atoms. The maximum Gasteiger partial charge on any atom is 0.163 e. The van der Waals surface area contributed by atoms with Gasteiger partial charge >= 0.3 is 0 Å². The molecule has 1 N–H and O–H groups in total. The van der Waals surface area contributed by atoms with Gasteiger partial charge in [0.05, 0.1) is 13.2 Å². The summed E-state index contributed by atoms with van der Waals surface area (Å²) in [5.74, 6) is 1.50. The van der Waals surface area contributed by atoms with E-state index in [1.54, 1.807) is 7.11 Å². The van der Waals surface area contributed by atoms with Gasteiger partial charge in [-0.1, -0.05) is 41.9 Å². The molecular formula is C21H26ClNO2. The van der Waals surface area contributed by atoms with Crippen LogP contribution in [0.15, 0.2) is 42.5 Å². The van der Waals surface area contributed by atoms with Crippen LogP contribution in [-0.4, -0.2) is 13.2 Å². The lowest BCUT2D eigenvalue weighted by molar-refractivity contribution is 0.200. The third-order valence-corrected chi connectivity index (χ3v) is 5.18. The topological polar surface area (TPSA) is 30.5 Å². The van der Waals surface area contributed by atoms with Crippen LogP contribution in [0.3, 0.4) is 0 Å². The van der Waals surface area contributed by atoms with Crippen molar-refractivity contribution < 1.29 is 9.47 Å². The van der Waals surface area contributed by atoms with Gasteiger partial charge in [0.1, 0.15) is 0 Å². The summed E-state index contributed by atoms with van der Waals surface area (Å²) in [4.78, 5) is 0. The van der Waals surface area contributed by atoms with Crippen molar-refractivity contribution in [2.45, 2.75) is 51.3 Å². The van der Waals surface area contributed by atoms with Crippen LogP contribution in [0.5, 0.6) is 11.5 Å². The van der Waals surface area contributed by atoms with E-state index in [1.807, 2.05) is 18.2 Å². The zero-order valence-corrected chi connectivity index (χ0v) is 15.7. The van der Waals surface area contributed by atoms with Crippen LogP contribution >= 0.6 is 11.6 Å². The van der Waals surface area contributed by atoms with Crippen LogP contribution in [0.4, 0.5) is 0 Å². The number of nitrogens with one attached hydrogen (secondary N) is 1. The summed E-state index contributed by atoms with van der Waals surface area (Å²) in [6.07, 6.45) is 4.98. The third-order valence-electron chi connectivity index (χ3n) is 4.83. The second kappa shape index (κ2) is 8.59. The molecule has 0 saturated heterocycles. The lowest BCUT2D eigenvalue weighted by atomic mass is 10.1. The fourth-order valence-corrected chi connectivity index (χ4v) is 3.49. The fraction of sp³-hybridized carbons (Fsp3) is 0.429. The molecule has 25 heavy (non-hydrogen) atoms. The van der Waals surface area contributed by atoms with Crippen molar-refractivity contribution in [2.24, 2.45) is 0 Å². The summed E-state index contributed by atoms with van der Waals surface area (Å²) in [6.45, 7) is 2.83. The smallest absolute Gasteiger partial charge is 0.163 e. The first-order valence-corrected chi connectivity index (χ1v) is 9.36. The normalized spacial score (nSPS) is 16.0. The van der Waals surface area contributed by atoms with Crippen molar-refractivity contribution in [3.8, 4) is 11.5 Å². The van der Waals surface area contributed by atoms with Gasteiger partial charge in [0.25, 0.3) is 0 Å². The number of hydrogen-bond acceptors (Lipinski definition) is 3. The minimum atomic E-state index is 0.248. The number of halogens is 1. The SMILES string of the molecule is COc1cc(CNC(C)c2ccccc2)c(Cl)cc1OC1CCCC1. The Morgan fingerprint density at radius 2 is 1.84 bits per heavy atom. The molecular weight excluding hydrogens is 334 g/mol. The van der Waals surface area contributed by atoms with E-state index in [0.29, 0.717) is 11.6 Å². The molecule has 0 heterocycles. The van der Waals surface area contributed by atoms with E-state index in [9.17, 15) is 0 Å². The highest BCUT2D eigenvalue weighted by Crippen LogP contribution is 2.36. The first-order valence-electron chi connectivity index (χ1n) is 8.98. The first kappa shape index (κ1) is 18.1. The molecule has 3 rings (SSSR count). The highest BCUT2D eigenvalue weighted by atomic mass is 35.5. The van der Waals surface area contributed by atoms with Gasteiger partial charge < -0.3 is 14.8 Å². The number of methoxy groups -OCH3 is 1. The highest BCUT2D eigenvalue weighted by molar-refractivity contribution is 6.31. The monoisotopic (exact) mass is 359 g/mol. The van der Waals surface area contributed by atoms with Gasteiger partial charge in [0.2, 0.25) is 0 Å². The van der Waals surface area contributed by atoms with Crippen LogP contribution in [0, 0.1) is 0 Å². The van der Waals surface area contributed by atoms with Gasteiger partial charge in [-0.3, -0.25) is 0 Å². The number of hydrogen-bond donors (Lipinski definition) is 1. The molecule has 2 aromatic rings. The molecule has 1 aliphatic rings. The predicted molar refractivity (Wildman–Crippen MR) is 103 cm³/mol. The lowest BCUT2D eigenvalue weighted by Crippen LogP contribution is -2.18. The van der Waals surface area contributed by atoms with Crippen LogP contribution in [0.1, 0.15) is 49.8 Å². The number of ether oxygens (including phenoxy) is 2. The summed E-state index contributed by atoms with van der Waals surface area (Å²) in [6, 6.07) is 14.5. The zero-order chi connectivity index (χ0) is 17.6. The summed E-state index contributed by atoms with van der Waals surface area (Å²) in [7, 11) is 1.68. The van der Waals surface area contributed by atoms with Gasteiger partial charge in [0, 0.05) is 23.7 Å². The molecule has 0 aromatic heterocycles. The molecule has 0 spiro atoms. The van der Waals surface area contributed by atoms with E-state index >= 15 is 0 Å². The van der Waals surface area contributed by atoms with E-state index in [2.05, 4.69) is 36.5 Å². The van der Waals surface area contributed by atoms with Crippen molar-refractivity contribution in [2.75, 3.05) is 7.11 Å². The quantitative estimate of drug-likeness (QED) is 0.705. The van der Waals surface area contributed by atoms with Crippen LogP contribution in [0.25, 0.3) is 0 Å². The Bertz CT molecular complexity index is 684. The minimum Gasteiger partial charge on any atom is -0.493 e. The Kier molecular flexibility index (Phi) is 6.22. The molecule has 3 nitrogen and oxygen atoms in total. The molecule has 134 valence electrons. The summed E-state index contributed by atoms with van der Waals surface area (Å²) in [5, 5.41) is 4.23. The Labute approximate surface area is 155 Å². The molecule has 1 fully saturated rings. The lowest BCUT2D eigenvalue weighted by Gasteiger charge is -2.19. The maximum absolute atomic E-state index is 6.50. The molecule has 1 atom stereocenters. The standard InChI is InChI=1S/C21H26ClNO2/c1-15(16-8-4-3-5-9-16)23-14-17-12-20(24-2)21(13-19(17)22)25-18-10-6-7-11-18/h3-5,8-9,12-13,15,18,23H,6-7,10-11,14H2,1-2H3. The third kappa shape index (κ3) is 4.68. The van der Waals surface area contributed by atoms with Crippen LogP contribution in [0.2, 0.25) is 5.02 Å². The highest BCUT2D eigenvalue weighted by Gasteiger charge is 2.19. The van der Waals surface area contributed by atoms with Crippen LogP contribution in [-0.2, 0) is 6.54 Å². The average Bonchev–Trinajstić information content (AvgIpc) is 3.14. The molecule has 1 aliphatic carbocycles. The molecule has 0 radical (unpaired) electrons. The van der Waals surface area contributed by atoms with Gasteiger partial charge in [-0.25, -0.2) is 0 Å². The van der Waals surface area contributed by atoms with Gasteiger partial charge in [-0.2, -0.15) is 0 Å². The van der Waals surface area contributed by atoms with Crippen molar-refractivity contribution in [3.05, 3.63) is 58.6 Å². The summed E-state index contributed by atoms with van der Waals surface area (Å²) < 4.78 is 11.6.